The zero-order chi connectivity index (χ0) is 15.0. The summed E-state index contributed by atoms with van der Waals surface area (Å²) in [6, 6.07) is 8.81. The molecule has 0 radical (unpaired) electrons. The van der Waals surface area contributed by atoms with E-state index in [1.807, 2.05) is 6.07 Å². The van der Waals surface area contributed by atoms with Gasteiger partial charge < -0.3 is 9.64 Å². The molecule has 0 aliphatic carbocycles. The maximum atomic E-state index is 12.3. The lowest BCUT2D eigenvalue weighted by atomic mass is 10.3. The highest BCUT2D eigenvalue weighted by molar-refractivity contribution is 9.09. The van der Waals surface area contributed by atoms with Gasteiger partial charge >= 0.3 is 6.18 Å². The molecule has 0 aliphatic heterocycles. The molecule has 0 saturated carbocycles. The number of ether oxygens (including phenoxy) is 1. The van der Waals surface area contributed by atoms with E-state index in [1.165, 1.54) is 0 Å². The molecular formula is C13H15BrF3NO2. The Morgan fingerprint density at radius 2 is 1.90 bits per heavy atom. The monoisotopic (exact) mass is 353 g/mol. The molecule has 20 heavy (non-hydrogen) atoms. The number of para-hydroxylation sites is 1. The molecule has 0 fully saturated rings. The normalized spacial score (nSPS) is 11.2. The Bertz CT molecular complexity index is 412. The number of halogens is 4. The Labute approximate surface area is 123 Å². The van der Waals surface area contributed by atoms with Crippen LogP contribution in [0.3, 0.4) is 0 Å². The van der Waals surface area contributed by atoms with E-state index in [-0.39, 0.29) is 19.6 Å². The Balaban J connectivity index is 2.42. The molecule has 1 aromatic carbocycles. The zero-order valence-electron chi connectivity index (χ0n) is 10.7. The fourth-order valence-corrected chi connectivity index (χ4v) is 1.97. The summed E-state index contributed by atoms with van der Waals surface area (Å²) in [4.78, 5) is 12.5. The van der Waals surface area contributed by atoms with Gasteiger partial charge in [0.05, 0.1) is 13.0 Å². The van der Waals surface area contributed by atoms with Gasteiger partial charge in [-0.3, -0.25) is 4.79 Å². The number of amides is 1. The van der Waals surface area contributed by atoms with Gasteiger partial charge in [-0.2, -0.15) is 13.2 Å². The Hall–Kier alpha value is -1.24. The van der Waals surface area contributed by atoms with Crippen molar-refractivity contribution in [3.8, 4) is 5.75 Å². The second-order valence-electron chi connectivity index (χ2n) is 4.03. The van der Waals surface area contributed by atoms with Gasteiger partial charge in [0.2, 0.25) is 5.91 Å². The molecule has 0 atom stereocenters. The Morgan fingerprint density at radius 3 is 2.45 bits per heavy atom. The average Bonchev–Trinajstić information content (AvgIpc) is 2.38. The molecule has 0 unspecified atom stereocenters. The number of benzene rings is 1. The number of rotatable bonds is 7. The Kier molecular flexibility index (Phi) is 6.84. The topological polar surface area (TPSA) is 29.5 Å². The second-order valence-corrected chi connectivity index (χ2v) is 4.82. The van der Waals surface area contributed by atoms with E-state index in [9.17, 15) is 18.0 Å². The quantitative estimate of drug-likeness (QED) is 0.704. The van der Waals surface area contributed by atoms with E-state index in [2.05, 4.69) is 15.9 Å². The highest BCUT2D eigenvalue weighted by atomic mass is 79.9. The lowest BCUT2D eigenvalue weighted by molar-refractivity contribution is -0.160. The van der Waals surface area contributed by atoms with Crippen molar-refractivity contribution in [1.82, 2.24) is 4.90 Å². The lowest BCUT2D eigenvalue weighted by Crippen LogP contribution is -2.40. The van der Waals surface area contributed by atoms with Gasteiger partial charge in [0.1, 0.15) is 12.3 Å². The average molecular weight is 354 g/mol. The van der Waals surface area contributed by atoms with Crippen LogP contribution in [0.1, 0.15) is 6.42 Å². The first kappa shape index (κ1) is 16.8. The summed E-state index contributed by atoms with van der Waals surface area (Å²) in [5.74, 6) is 0.0147. The van der Waals surface area contributed by atoms with E-state index in [4.69, 9.17) is 4.74 Å². The predicted octanol–water partition coefficient (Wildman–Crippen LogP) is 3.24. The summed E-state index contributed by atoms with van der Waals surface area (Å²) < 4.78 is 42.3. The molecule has 0 saturated heterocycles. The standard InChI is InChI=1S/C13H15BrF3NO2/c14-7-8-18(10-13(15,16)17)12(19)6-9-20-11-4-2-1-3-5-11/h1-5H,6-10H2. The van der Waals surface area contributed by atoms with Crippen molar-refractivity contribution in [3.63, 3.8) is 0 Å². The van der Waals surface area contributed by atoms with E-state index >= 15 is 0 Å². The lowest BCUT2D eigenvalue weighted by Gasteiger charge is -2.23. The van der Waals surface area contributed by atoms with Crippen LogP contribution in [0.5, 0.6) is 5.75 Å². The second kappa shape index (κ2) is 8.14. The summed E-state index contributed by atoms with van der Waals surface area (Å²) in [6.07, 6.45) is -4.48. The van der Waals surface area contributed by atoms with Crippen LogP contribution in [-0.4, -0.2) is 42.0 Å². The molecule has 0 N–H and O–H groups in total. The van der Waals surface area contributed by atoms with Crippen LogP contribution in [0, 0.1) is 0 Å². The van der Waals surface area contributed by atoms with Crippen LogP contribution in [0.15, 0.2) is 30.3 Å². The molecule has 0 aliphatic rings. The summed E-state index contributed by atoms with van der Waals surface area (Å²) in [5.41, 5.74) is 0. The van der Waals surface area contributed by atoms with Gasteiger partial charge in [-0.25, -0.2) is 0 Å². The van der Waals surface area contributed by atoms with Crippen LogP contribution in [0.25, 0.3) is 0 Å². The summed E-state index contributed by atoms with van der Waals surface area (Å²) in [6.45, 7) is -1.16. The molecule has 0 heterocycles. The maximum Gasteiger partial charge on any atom is 0.406 e. The van der Waals surface area contributed by atoms with Crippen molar-refractivity contribution in [2.24, 2.45) is 0 Å². The first-order valence-electron chi connectivity index (χ1n) is 6.00. The molecule has 112 valence electrons. The van der Waals surface area contributed by atoms with Gasteiger partial charge in [-0.15, -0.1) is 0 Å². The van der Waals surface area contributed by atoms with Crippen LogP contribution in [0.4, 0.5) is 13.2 Å². The van der Waals surface area contributed by atoms with Crippen molar-refractivity contribution in [3.05, 3.63) is 30.3 Å². The fourth-order valence-electron chi connectivity index (χ4n) is 1.54. The number of carbonyl (C=O) groups excluding carboxylic acids is 1. The predicted molar refractivity (Wildman–Crippen MR) is 73.0 cm³/mol. The fraction of sp³-hybridized carbons (Fsp3) is 0.462. The first-order valence-corrected chi connectivity index (χ1v) is 7.13. The maximum absolute atomic E-state index is 12.3. The molecule has 0 aromatic heterocycles. The smallest absolute Gasteiger partial charge is 0.406 e. The van der Waals surface area contributed by atoms with Crippen LogP contribution >= 0.6 is 15.9 Å². The van der Waals surface area contributed by atoms with Crippen molar-refractivity contribution in [2.75, 3.05) is 25.0 Å². The highest BCUT2D eigenvalue weighted by Crippen LogP contribution is 2.17. The van der Waals surface area contributed by atoms with E-state index < -0.39 is 18.6 Å². The van der Waals surface area contributed by atoms with Crippen molar-refractivity contribution in [2.45, 2.75) is 12.6 Å². The number of alkyl halides is 4. The molecule has 1 aromatic rings. The minimum atomic E-state index is -4.39. The zero-order valence-corrected chi connectivity index (χ0v) is 12.3. The minimum absolute atomic E-state index is 0.0175. The molecule has 1 amide bonds. The third-order valence-corrected chi connectivity index (χ3v) is 2.76. The van der Waals surface area contributed by atoms with Crippen LogP contribution in [-0.2, 0) is 4.79 Å². The molecule has 0 bridgehead atoms. The molecule has 0 spiro atoms. The molecule has 7 heteroatoms. The third kappa shape index (κ3) is 6.79. The van der Waals surface area contributed by atoms with Gasteiger partial charge in [-0.1, -0.05) is 34.1 Å². The van der Waals surface area contributed by atoms with Gasteiger partial charge in [0.15, 0.2) is 0 Å². The number of hydrogen-bond donors (Lipinski definition) is 0. The van der Waals surface area contributed by atoms with Crippen molar-refractivity contribution >= 4 is 21.8 Å². The first-order chi connectivity index (χ1) is 9.42. The molecule has 1 rings (SSSR count). The minimum Gasteiger partial charge on any atom is -0.493 e. The molecular weight excluding hydrogens is 339 g/mol. The van der Waals surface area contributed by atoms with Crippen LogP contribution in [0.2, 0.25) is 0 Å². The summed E-state index contributed by atoms with van der Waals surface area (Å²) in [5, 5.41) is 0.300. The number of hydrogen-bond acceptors (Lipinski definition) is 2. The van der Waals surface area contributed by atoms with Gasteiger partial charge in [0, 0.05) is 11.9 Å². The van der Waals surface area contributed by atoms with E-state index in [1.54, 1.807) is 24.3 Å². The van der Waals surface area contributed by atoms with Crippen molar-refractivity contribution in [1.29, 1.82) is 0 Å². The van der Waals surface area contributed by atoms with Crippen molar-refractivity contribution < 1.29 is 22.7 Å². The van der Waals surface area contributed by atoms with Gasteiger partial charge in [-0.05, 0) is 12.1 Å². The molecule has 3 nitrogen and oxygen atoms in total. The largest absolute Gasteiger partial charge is 0.493 e. The third-order valence-electron chi connectivity index (χ3n) is 2.41. The summed E-state index contributed by atoms with van der Waals surface area (Å²) >= 11 is 3.04. The number of carbonyl (C=O) groups is 1. The van der Waals surface area contributed by atoms with E-state index in [0.29, 0.717) is 11.1 Å². The summed E-state index contributed by atoms with van der Waals surface area (Å²) in [7, 11) is 0. The Morgan fingerprint density at radius 1 is 1.25 bits per heavy atom. The number of nitrogens with zero attached hydrogens (tertiary/aromatic N) is 1. The highest BCUT2D eigenvalue weighted by Gasteiger charge is 2.32. The SMILES string of the molecule is O=C(CCOc1ccccc1)N(CCBr)CC(F)(F)F. The van der Waals surface area contributed by atoms with E-state index in [0.717, 1.165) is 4.90 Å². The van der Waals surface area contributed by atoms with Crippen LogP contribution < -0.4 is 4.74 Å². The van der Waals surface area contributed by atoms with Gasteiger partial charge in [0.25, 0.3) is 0 Å².